The van der Waals surface area contributed by atoms with Gasteiger partial charge < -0.3 is 10.1 Å². The third kappa shape index (κ3) is 3.68. The van der Waals surface area contributed by atoms with Gasteiger partial charge in [0.1, 0.15) is 11.6 Å². The van der Waals surface area contributed by atoms with Gasteiger partial charge in [-0.15, -0.1) is 0 Å². The first-order chi connectivity index (χ1) is 10.6. The van der Waals surface area contributed by atoms with Crippen molar-refractivity contribution in [1.82, 2.24) is 9.78 Å². The quantitative estimate of drug-likeness (QED) is 0.852. The summed E-state index contributed by atoms with van der Waals surface area (Å²) in [6, 6.07) is 9.51. The second-order valence-corrected chi connectivity index (χ2v) is 6.45. The van der Waals surface area contributed by atoms with Crippen LogP contribution in [-0.4, -0.2) is 22.3 Å². The molecule has 1 N–H and O–H groups in total. The molecule has 1 atom stereocenters. The maximum atomic E-state index is 12.0. The number of aromatic nitrogens is 2. The molecule has 1 aromatic carbocycles. The van der Waals surface area contributed by atoms with Crippen LogP contribution in [0.25, 0.3) is 0 Å². The average molecular weight is 364 g/mol. The third-order valence-electron chi connectivity index (χ3n) is 3.81. The van der Waals surface area contributed by atoms with Crippen molar-refractivity contribution >= 4 is 27.7 Å². The predicted molar refractivity (Wildman–Crippen MR) is 87.9 cm³/mol. The average Bonchev–Trinajstić information content (AvgIpc) is 3.26. The molecular formula is C16H18BrN3O2. The van der Waals surface area contributed by atoms with Gasteiger partial charge in [-0.05, 0) is 49.9 Å². The summed E-state index contributed by atoms with van der Waals surface area (Å²) in [5.41, 5.74) is 0. The van der Waals surface area contributed by atoms with Crippen molar-refractivity contribution in [2.24, 2.45) is 5.92 Å². The number of carbonyl (C=O) groups is 1. The number of hydrogen-bond donors (Lipinski definition) is 1. The van der Waals surface area contributed by atoms with Crippen molar-refractivity contribution in [3.8, 4) is 5.75 Å². The first kappa shape index (κ1) is 15.1. The van der Waals surface area contributed by atoms with E-state index in [-0.39, 0.29) is 12.5 Å². The molecular weight excluding hydrogens is 346 g/mol. The summed E-state index contributed by atoms with van der Waals surface area (Å²) >= 11 is 3.36. The summed E-state index contributed by atoms with van der Waals surface area (Å²) in [7, 11) is 0. The van der Waals surface area contributed by atoms with Crippen LogP contribution >= 0.6 is 15.9 Å². The Morgan fingerprint density at radius 2 is 2.14 bits per heavy atom. The summed E-state index contributed by atoms with van der Waals surface area (Å²) in [6.07, 6.45) is 4.19. The van der Waals surface area contributed by atoms with Crippen molar-refractivity contribution in [3.63, 3.8) is 0 Å². The number of hydrogen-bond acceptors (Lipinski definition) is 3. The lowest BCUT2D eigenvalue weighted by molar-refractivity contribution is -0.118. The van der Waals surface area contributed by atoms with Crippen LogP contribution in [0.15, 0.2) is 41.0 Å². The zero-order valence-electron chi connectivity index (χ0n) is 12.3. The van der Waals surface area contributed by atoms with Gasteiger partial charge in [-0.3, -0.25) is 4.79 Å². The number of halogens is 1. The fourth-order valence-electron chi connectivity index (χ4n) is 2.37. The summed E-state index contributed by atoms with van der Waals surface area (Å²) in [4.78, 5) is 12.0. The standard InChI is InChI=1S/C16H18BrN3O2/c1-11(12-2-3-12)20-15(8-9-18-20)19-16(21)10-22-14-6-4-13(17)5-7-14/h4-9,11-12H,2-3,10H2,1H3,(H,19,21). The van der Waals surface area contributed by atoms with Gasteiger partial charge in [0.15, 0.2) is 6.61 Å². The van der Waals surface area contributed by atoms with Crippen molar-refractivity contribution in [2.75, 3.05) is 11.9 Å². The first-order valence-electron chi connectivity index (χ1n) is 7.35. The minimum Gasteiger partial charge on any atom is -0.484 e. The largest absolute Gasteiger partial charge is 0.484 e. The number of amides is 1. The van der Waals surface area contributed by atoms with Crippen LogP contribution in [0, 0.1) is 5.92 Å². The van der Waals surface area contributed by atoms with Gasteiger partial charge in [-0.1, -0.05) is 15.9 Å². The van der Waals surface area contributed by atoms with Crippen LogP contribution in [0.5, 0.6) is 5.75 Å². The van der Waals surface area contributed by atoms with Gasteiger partial charge in [0, 0.05) is 10.5 Å². The molecule has 5 nitrogen and oxygen atoms in total. The van der Waals surface area contributed by atoms with Crippen LogP contribution in [0.2, 0.25) is 0 Å². The van der Waals surface area contributed by atoms with Gasteiger partial charge in [0.2, 0.25) is 0 Å². The Morgan fingerprint density at radius 1 is 1.41 bits per heavy atom. The van der Waals surface area contributed by atoms with E-state index < -0.39 is 0 Å². The minimum absolute atomic E-state index is 0.0232. The highest BCUT2D eigenvalue weighted by atomic mass is 79.9. The van der Waals surface area contributed by atoms with E-state index in [0.29, 0.717) is 17.7 Å². The van der Waals surface area contributed by atoms with E-state index in [2.05, 4.69) is 33.3 Å². The van der Waals surface area contributed by atoms with Crippen LogP contribution in [0.1, 0.15) is 25.8 Å². The lowest BCUT2D eigenvalue weighted by atomic mass is 10.2. The Kier molecular flexibility index (Phi) is 4.47. The molecule has 0 bridgehead atoms. The Bertz CT molecular complexity index is 650. The van der Waals surface area contributed by atoms with E-state index in [1.165, 1.54) is 12.8 Å². The molecule has 3 rings (SSSR count). The maximum absolute atomic E-state index is 12.0. The summed E-state index contributed by atoms with van der Waals surface area (Å²) in [5.74, 6) is 1.88. The van der Waals surface area contributed by atoms with Crippen LogP contribution in [-0.2, 0) is 4.79 Å². The molecule has 1 aliphatic rings. The molecule has 1 heterocycles. The molecule has 116 valence electrons. The highest BCUT2D eigenvalue weighted by Gasteiger charge is 2.30. The Hall–Kier alpha value is -1.82. The number of carbonyl (C=O) groups excluding carboxylic acids is 1. The number of anilines is 1. The first-order valence-corrected chi connectivity index (χ1v) is 8.14. The molecule has 0 saturated heterocycles. The third-order valence-corrected chi connectivity index (χ3v) is 4.34. The second-order valence-electron chi connectivity index (χ2n) is 5.53. The lowest BCUT2D eigenvalue weighted by Gasteiger charge is -2.15. The fraction of sp³-hybridized carbons (Fsp3) is 0.375. The van der Waals surface area contributed by atoms with Crippen molar-refractivity contribution < 1.29 is 9.53 Å². The smallest absolute Gasteiger partial charge is 0.263 e. The van der Waals surface area contributed by atoms with E-state index in [4.69, 9.17) is 4.74 Å². The number of rotatable bonds is 6. The van der Waals surface area contributed by atoms with Gasteiger partial charge >= 0.3 is 0 Å². The van der Waals surface area contributed by atoms with Gasteiger partial charge in [0.05, 0.1) is 12.2 Å². The Balaban J connectivity index is 1.55. The van der Waals surface area contributed by atoms with Gasteiger partial charge in [-0.2, -0.15) is 5.10 Å². The van der Waals surface area contributed by atoms with Crippen molar-refractivity contribution in [3.05, 3.63) is 41.0 Å². The monoisotopic (exact) mass is 363 g/mol. The number of nitrogens with one attached hydrogen (secondary N) is 1. The zero-order valence-corrected chi connectivity index (χ0v) is 13.9. The highest BCUT2D eigenvalue weighted by molar-refractivity contribution is 9.10. The molecule has 0 aliphatic heterocycles. The number of ether oxygens (including phenoxy) is 1. The van der Waals surface area contributed by atoms with E-state index in [1.807, 2.05) is 35.0 Å². The van der Waals surface area contributed by atoms with Gasteiger partial charge in [0.25, 0.3) is 5.91 Å². The topological polar surface area (TPSA) is 56.2 Å². The van der Waals surface area contributed by atoms with E-state index >= 15 is 0 Å². The van der Waals surface area contributed by atoms with E-state index in [0.717, 1.165) is 10.3 Å². The van der Waals surface area contributed by atoms with Crippen LogP contribution in [0.4, 0.5) is 5.82 Å². The molecule has 6 heteroatoms. The van der Waals surface area contributed by atoms with Crippen molar-refractivity contribution in [2.45, 2.75) is 25.8 Å². The van der Waals surface area contributed by atoms with E-state index in [1.54, 1.807) is 6.20 Å². The molecule has 1 amide bonds. The summed E-state index contributed by atoms with van der Waals surface area (Å²) in [5, 5.41) is 7.18. The van der Waals surface area contributed by atoms with E-state index in [9.17, 15) is 4.79 Å². The molecule has 1 aromatic heterocycles. The highest BCUT2D eigenvalue weighted by Crippen LogP contribution is 2.40. The van der Waals surface area contributed by atoms with Crippen molar-refractivity contribution in [1.29, 1.82) is 0 Å². The molecule has 2 aromatic rings. The SMILES string of the molecule is CC(C1CC1)n1nccc1NC(=O)COc1ccc(Br)cc1. The minimum atomic E-state index is -0.187. The summed E-state index contributed by atoms with van der Waals surface area (Å²) < 4.78 is 8.33. The molecule has 1 aliphatic carbocycles. The second kappa shape index (κ2) is 6.52. The predicted octanol–water partition coefficient (Wildman–Crippen LogP) is 3.63. The molecule has 22 heavy (non-hydrogen) atoms. The molecule has 1 saturated carbocycles. The fourth-order valence-corrected chi connectivity index (χ4v) is 2.64. The lowest BCUT2D eigenvalue weighted by Crippen LogP contribution is -2.23. The zero-order chi connectivity index (χ0) is 15.5. The normalized spacial score (nSPS) is 15.4. The van der Waals surface area contributed by atoms with Gasteiger partial charge in [-0.25, -0.2) is 4.68 Å². The number of benzene rings is 1. The Labute approximate surface area is 137 Å². The van der Waals surface area contributed by atoms with Crippen LogP contribution in [0.3, 0.4) is 0 Å². The number of nitrogens with zero attached hydrogens (tertiary/aromatic N) is 2. The van der Waals surface area contributed by atoms with Crippen LogP contribution < -0.4 is 10.1 Å². The summed E-state index contributed by atoms with van der Waals surface area (Å²) in [6.45, 7) is 2.11. The molecule has 0 radical (unpaired) electrons. The Morgan fingerprint density at radius 3 is 2.82 bits per heavy atom. The maximum Gasteiger partial charge on any atom is 0.263 e. The molecule has 1 fully saturated rings. The molecule has 1 unspecified atom stereocenters. The molecule has 0 spiro atoms.